The summed E-state index contributed by atoms with van der Waals surface area (Å²) in [5, 5.41) is 10.1. The lowest BCUT2D eigenvalue weighted by molar-refractivity contribution is -0.134. The van der Waals surface area contributed by atoms with E-state index in [0.717, 1.165) is 36.3 Å². The first-order valence-corrected chi connectivity index (χ1v) is 11.3. The van der Waals surface area contributed by atoms with E-state index < -0.39 is 0 Å². The summed E-state index contributed by atoms with van der Waals surface area (Å²) in [6, 6.07) is 23.6. The summed E-state index contributed by atoms with van der Waals surface area (Å²) < 4.78 is 11.5. The van der Waals surface area contributed by atoms with Crippen LogP contribution in [-0.4, -0.2) is 42.2 Å². The summed E-state index contributed by atoms with van der Waals surface area (Å²) in [6.45, 7) is 1.99. The van der Waals surface area contributed by atoms with Crippen LogP contribution in [0.25, 0.3) is 0 Å². The van der Waals surface area contributed by atoms with Gasteiger partial charge in [0, 0.05) is 31.5 Å². The molecule has 168 valence electrons. The van der Waals surface area contributed by atoms with Gasteiger partial charge in [0.05, 0.1) is 18.8 Å². The van der Waals surface area contributed by atoms with Crippen molar-refractivity contribution in [3.8, 4) is 5.75 Å². The smallest absolute Gasteiger partial charge is 0.223 e. The standard InChI is InChI=1S/C27H31NO4/c29-21-27(15-19-31-23-10-5-2-6-11-23)13-16-28(17-14-27)26(30)20-24(25-12-7-18-32-25)22-8-3-1-4-9-22/h1-12,18,24,29H,13-17,19-21H2. The summed E-state index contributed by atoms with van der Waals surface area (Å²) >= 11 is 0. The fraction of sp³-hybridized carbons (Fsp3) is 0.370. The molecule has 1 unspecified atom stereocenters. The molecule has 1 atom stereocenters. The lowest BCUT2D eigenvalue weighted by Gasteiger charge is -2.41. The molecule has 3 aromatic rings. The maximum absolute atomic E-state index is 13.2. The van der Waals surface area contributed by atoms with Crippen molar-refractivity contribution in [2.45, 2.75) is 31.6 Å². The molecular weight excluding hydrogens is 402 g/mol. The monoisotopic (exact) mass is 433 g/mol. The van der Waals surface area contributed by atoms with E-state index in [1.54, 1.807) is 6.26 Å². The molecule has 0 radical (unpaired) electrons. The Morgan fingerprint density at radius 3 is 2.31 bits per heavy atom. The van der Waals surface area contributed by atoms with Crippen molar-refractivity contribution >= 4 is 5.91 Å². The van der Waals surface area contributed by atoms with E-state index >= 15 is 0 Å². The van der Waals surface area contributed by atoms with E-state index in [1.165, 1.54) is 0 Å². The van der Waals surface area contributed by atoms with E-state index in [0.29, 0.717) is 26.1 Å². The molecule has 1 aliphatic rings. The van der Waals surface area contributed by atoms with Crippen LogP contribution in [0.1, 0.15) is 42.9 Å². The largest absolute Gasteiger partial charge is 0.494 e. The van der Waals surface area contributed by atoms with Gasteiger partial charge in [0.1, 0.15) is 11.5 Å². The maximum Gasteiger partial charge on any atom is 0.223 e. The quantitative estimate of drug-likeness (QED) is 0.523. The third-order valence-corrected chi connectivity index (χ3v) is 6.62. The Morgan fingerprint density at radius 1 is 1.00 bits per heavy atom. The van der Waals surface area contributed by atoms with E-state index in [9.17, 15) is 9.90 Å². The lowest BCUT2D eigenvalue weighted by Crippen LogP contribution is -2.45. The molecule has 0 spiro atoms. The van der Waals surface area contributed by atoms with Crippen LogP contribution in [0.2, 0.25) is 0 Å². The number of nitrogens with zero attached hydrogens (tertiary/aromatic N) is 1. The zero-order valence-electron chi connectivity index (χ0n) is 18.4. The van der Waals surface area contributed by atoms with Gasteiger partial charge < -0.3 is 19.2 Å². The molecule has 1 aliphatic heterocycles. The molecule has 0 saturated carbocycles. The highest BCUT2D eigenvalue weighted by Crippen LogP contribution is 2.36. The minimum absolute atomic E-state index is 0.0949. The van der Waals surface area contributed by atoms with Crippen LogP contribution >= 0.6 is 0 Å². The number of para-hydroxylation sites is 1. The summed E-state index contributed by atoms with van der Waals surface area (Å²) in [4.78, 5) is 15.1. The molecule has 32 heavy (non-hydrogen) atoms. The number of rotatable bonds is 9. The van der Waals surface area contributed by atoms with Gasteiger partial charge in [-0.15, -0.1) is 0 Å². The van der Waals surface area contributed by atoms with Gasteiger partial charge in [0.25, 0.3) is 0 Å². The van der Waals surface area contributed by atoms with Crippen molar-refractivity contribution in [2.24, 2.45) is 5.41 Å². The fourth-order valence-corrected chi connectivity index (χ4v) is 4.48. The van der Waals surface area contributed by atoms with Gasteiger partial charge in [-0.3, -0.25) is 4.79 Å². The number of hydrogen-bond acceptors (Lipinski definition) is 4. The zero-order valence-corrected chi connectivity index (χ0v) is 18.4. The number of carbonyl (C=O) groups is 1. The Hall–Kier alpha value is -3.05. The van der Waals surface area contributed by atoms with Gasteiger partial charge in [0.15, 0.2) is 0 Å². The van der Waals surface area contributed by atoms with Crippen LogP contribution in [0.15, 0.2) is 83.5 Å². The van der Waals surface area contributed by atoms with Crippen molar-refractivity contribution in [1.29, 1.82) is 0 Å². The van der Waals surface area contributed by atoms with Gasteiger partial charge in [-0.25, -0.2) is 0 Å². The number of furan rings is 1. The van der Waals surface area contributed by atoms with Gasteiger partial charge in [-0.1, -0.05) is 48.5 Å². The number of likely N-dealkylation sites (tertiary alicyclic amines) is 1. The Balaban J connectivity index is 1.33. The number of carbonyl (C=O) groups excluding carboxylic acids is 1. The average molecular weight is 434 g/mol. The predicted octanol–water partition coefficient (Wildman–Crippen LogP) is 4.87. The molecule has 4 rings (SSSR count). The van der Waals surface area contributed by atoms with Crippen molar-refractivity contribution < 1.29 is 19.1 Å². The predicted molar refractivity (Wildman–Crippen MR) is 123 cm³/mol. The first kappa shape index (κ1) is 22.2. The topological polar surface area (TPSA) is 62.9 Å². The van der Waals surface area contributed by atoms with Crippen LogP contribution in [0.4, 0.5) is 0 Å². The van der Waals surface area contributed by atoms with Crippen molar-refractivity contribution in [1.82, 2.24) is 4.90 Å². The van der Waals surface area contributed by atoms with Crippen LogP contribution in [0.3, 0.4) is 0 Å². The summed E-state index contributed by atoms with van der Waals surface area (Å²) in [6.07, 6.45) is 4.37. The second-order valence-electron chi connectivity index (χ2n) is 8.63. The van der Waals surface area contributed by atoms with Crippen molar-refractivity contribution in [2.75, 3.05) is 26.3 Å². The molecule has 1 fully saturated rings. The van der Waals surface area contributed by atoms with Gasteiger partial charge in [-0.2, -0.15) is 0 Å². The normalized spacial score (nSPS) is 16.5. The Kier molecular flexibility index (Phi) is 7.28. The Labute approximate surface area is 189 Å². The first-order valence-electron chi connectivity index (χ1n) is 11.3. The molecule has 1 amide bonds. The number of hydrogen-bond donors (Lipinski definition) is 1. The van der Waals surface area contributed by atoms with Gasteiger partial charge in [0.2, 0.25) is 5.91 Å². The van der Waals surface area contributed by atoms with Gasteiger partial charge in [-0.05, 0) is 49.1 Å². The second-order valence-corrected chi connectivity index (χ2v) is 8.63. The molecule has 5 heteroatoms. The van der Waals surface area contributed by atoms with E-state index in [2.05, 4.69) is 0 Å². The summed E-state index contributed by atoms with van der Waals surface area (Å²) in [7, 11) is 0. The van der Waals surface area contributed by atoms with Gasteiger partial charge >= 0.3 is 0 Å². The molecule has 1 saturated heterocycles. The van der Waals surface area contributed by atoms with Crippen molar-refractivity contribution in [3.05, 3.63) is 90.4 Å². The number of aliphatic hydroxyl groups excluding tert-OH is 1. The molecular formula is C27H31NO4. The molecule has 0 aliphatic carbocycles. The number of piperidine rings is 1. The van der Waals surface area contributed by atoms with Crippen LogP contribution in [-0.2, 0) is 4.79 Å². The highest BCUT2D eigenvalue weighted by molar-refractivity contribution is 5.77. The number of benzene rings is 2. The highest BCUT2D eigenvalue weighted by Gasteiger charge is 2.36. The number of ether oxygens (including phenoxy) is 1. The maximum atomic E-state index is 13.2. The molecule has 2 aromatic carbocycles. The van der Waals surface area contributed by atoms with Crippen LogP contribution < -0.4 is 4.74 Å². The van der Waals surface area contributed by atoms with Crippen LogP contribution in [0, 0.1) is 5.41 Å². The minimum Gasteiger partial charge on any atom is -0.494 e. The summed E-state index contributed by atoms with van der Waals surface area (Å²) in [5.41, 5.74) is 0.890. The molecule has 2 heterocycles. The molecule has 1 aromatic heterocycles. The Morgan fingerprint density at radius 2 is 1.69 bits per heavy atom. The SMILES string of the molecule is O=C(CC(c1ccccc1)c1ccco1)N1CCC(CO)(CCOc2ccccc2)CC1. The third kappa shape index (κ3) is 5.40. The number of aliphatic hydroxyl groups is 1. The zero-order chi connectivity index (χ0) is 22.2. The Bertz CT molecular complexity index is 948. The third-order valence-electron chi connectivity index (χ3n) is 6.62. The average Bonchev–Trinajstić information content (AvgIpc) is 3.39. The first-order chi connectivity index (χ1) is 15.7. The van der Waals surface area contributed by atoms with E-state index in [-0.39, 0.29) is 23.8 Å². The highest BCUT2D eigenvalue weighted by atomic mass is 16.5. The number of amides is 1. The van der Waals surface area contributed by atoms with Crippen LogP contribution in [0.5, 0.6) is 5.75 Å². The van der Waals surface area contributed by atoms with E-state index in [1.807, 2.05) is 77.7 Å². The second kappa shape index (κ2) is 10.5. The van der Waals surface area contributed by atoms with E-state index in [4.69, 9.17) is 9.15 Å². The molecule has 1 N–H and O–H groups in total. The van der Waals surface area contributed by atoms with Crippen molar-refractivity contribution in [3.63, 3.8) is 0 Å². The summed E-state index contributed by atoms with van der Waals surface area (Å²) in [5.74, 6) is 1.69. The minimum atomic E-state index is -0.189. The fourth-order valence-electron chi connectivity index (χ4n) is 4.48. The molecule has 0 bridgehead atoms. The molecule has 5 nitrogen and oxygen atoms in total. The lowest BCUT2D eigenvalue weighted by atomic mass is 9.76.